The normalized spacial score (nSPS) is 17.4. The second-order valence-corrected chi connectivity index (χ2v) is 8.82. The van der Waals surface area contributed by atoms with Crippen molar-refractivity contribution in [3.8, 4) is 0 Å². The highest BCUT2D eigenvalue weighted by Gasteiger charge is 2.26. The maximum atomic E-state index is 12.6. The average Bonchev–Trinajstić information content (AvgIpc) is 2.62. The molecule has 0 bridgehead atoms. The summed E-state index contributed by atoms with van der Waals surface area (Å²) < 4.78 is 29.8. The molecule has 7 heteroatoms. The first-order valence-electron chi connectivity index (χ1n) is 8.78. The molecular weight excluding hydrogens is 340 g/mol. The lowest BCUT2D eigenvalue weighted by Gasteiger charge is -2.37. The second-order valence-electron chi connectivity index (χ2n) is 6.57. The molecule has 140 valence electrons. The number of sulfone groups is 1. The Hall–Kier alpha value is -1.44. The molecule has 0 aromatic heterocycles. The molecule has 1 fully saturated rings. The number of nitrogens with zero attached hydrogens (tertiary/aromatic N) is 1. The Morgan fingerprint density at radius 2 is 1.88 bits per heavy atom. The number of hydrogen-bond donors (Lipinski definition) is 1. The summed E-state index contributed by atoms with van der Waals surface area (Å²) in [6.07, 6.45) is 0. The number of rotatable bonds is 7. The number of morpholine rings is 1. The van der Waals surface area contributed by atoms with Gasteiger partial charge in [0.1, 0.15) is 0 Å². The number of hydrogen-bond acceptors (Lipinski definition) is 5. The van der Waals surface area contributed by atoms with E-state index in [2.05, 4.69) is 24.1 Å². The van der Waals surface area contributed by atoms with Gasteiger partial charge in [-0.15, -0.1) is 0 Å². The fourth-order valence-electron chi connectivity index (χ4n) is 3.07. The Kier molecular flexibility index (Phi) is 6.98. The van der Waals surface area contributed by atoms with Crippen molar-refractivity contribution in [1.82, 2.24) is 10.2 Å². The van der Waals surface area contributed by atoms with Crippen LogP contribution in [0.1, 0.15) is 31.1 Å². The van der Waals surface area contributed by atoms with Crippen molar-refractivity contribution in [3.63, 3.8) is 0 Å². The van der Waals surface area contributed by atoms with Crippen molar-refractivity contribution in [3.05, 3.63) is 29.8 Å². The van der Waals surface area contributed by atoms with Gasteiger partial charge in [0.05, 0.1) is 29.4 Å². The van der Waals surface area contributed by atoms with Gasteiger partial charge in [0, 0.05) is 25.7 Å². The first kappa shape index (κ1) is 19.9. The molecule has 1 heterocycles. The summed E-state index contributed by atoms with van der Waals surface area (Å²) in [5.41, 5.74) is 0.217. The molecule has 25 heavy (non-hydrogen) atoms. The van der Waals surface area contributed by atoms with Crippen LogP contribution >= 0.6 is 0 Å². The summed E-state index contributed by atoms with van der Waals surface area (Å²) in [6, 6.07) is 6.59. The van der Waals surface area contributed by atoms with Gasteiger partial charge in [-0.3, -0.25) is 9.69 Å². The maximum absolute atomic E-state index is 12.6. The molecule has 0 spiro atoms. The largest absolute Gasteiger partial charge is 0.379 e. The molecule has 1 saturated heterocycles. The molecule has 0 radical (unpaired) electrons. The Bertz CT molecular complexity index is 682. The lowest BCUT2D eigenvalue weighted by atomic mass is 10.0. The molecule has 0 saturated carbocycles. The fourth-order valence-corrected chi connectivity index (χ4v) is 4.16. The Balaban J connectivity index is 2.11. The summed E-state index contributed by atoms with van der Waals surface area (Å²) in [6.45, 7) is 9.42. The van der Waals surface area contributed by atoms with Crippen LogP contribution in [0.25, 0.3) is 0 Å². The standard InChI is InChI=1S/C18H28N2O4S/c1-4-25(22,23)17-8-6-5-7-15(17)18(21)19-13-16(14(2)3)20-9-11-24-12-10-20/h5-8,14,16H,4,9-13H2,1-3H3,(H,19,21). The van der Waals surface area contributed by atoms with E-state index in [0.717, 1.165) is 13.1 Å². The molecule has 1 atom stereocenters. The maximum Gasteiger partial charge on any atom is 0.252 e. The summed E-state index contributed by atoms with van der Waals surface area (Å²) in [5.74, 6) is -0.000722. The van der Waals surface area contributed by atoms with Crippen LogP contribution in [0, 0.1) is 5.92 Å². The van der Waals surface area contributed by atoms with Crippen molar-refractivity contribution < 1.29 is 17.9 Å². The van der Waals surface area contributed by atoms with Crippen LogP contribution < -0.4 is 5.32 Å². The lowest BCUT2D eigenvalue weighted by molar-refractivity contribution is 0.00672. The highest BCUT2D eigenvalue weighted by molar-refractivity contribution is 7.91. The minimum Gasteiger partial charge on any atom is -0.379 e. The van der Waals surface area contributed by atoms with Crippen LogP contribution in [-0.2, 0) is 14.6 Å². The minimum atomic E-state index is -3.44. The van der Waals surface area contributed by atoms with E-state index in [4.69, 9.17) is 4.74 Å². The Labute approximate surface area is 150 Å². The summed E-state index contributed by atoms with van der Waals surface area (Å²) in [4.78, 5) is 15.0. The van der Waals surface area contributed by atoms with Gasteiger partial charge in [0.2, 0.25) is 0 Å². The van der Waals surface area contributed by atoms with Gasteiger partial charge in [0.25, 0.3) is 5.91 Å². The van der Waals surface area contributed by atoms with Gasteiger partial charge in [0.15, 0.2) is 9.84 Å². The smallest absolute Gasteiger partial charge is 0.252 e. The molecule has 1 aromatic carbocycles. The van der Waals surface area contributed by atoms with Gasteiger partial charge in [-0.05, 0) is 18.1 Å². The Morgan fingerprint density at radius 3 is 2.48 bits per heavy atom. The quantitative estimate of drug-likeness (QED) is 0.791. The van der Waals surface area contributed by atoms with Crippen molar-refractivity contribution in [2.75, 3.05) is 38.6 Å². The van der Waals surface area contributed by atoms with Crippen LogP contribution in [0.5, 0.6) is 0 Å². The first-order chi connectivity index (χ1) is 11.9. The number of carbonyl (C=O) groups is 1. The zero-order valence-electron chi connectivity index (χ0n) is 15.2. The molecule has 1 aliphatic heterocycles. The van der Waals surface area contributed by atoms with E-state index in [9.17, 15) is 13.2 Å². The van der Waals surface area contributed by atoms with Gasteiger partial charge in [-0.1, -0.05) is 32.9 Å². The molecule has 0 aliphatic carbocycles. The second kappa shape index (κ2) is 8.78. The molecule has 1 unspecified atom stereocenters. The van der Waals surface area contributed by atoms with Crippen LogP contribution in [-0.4, -0.2) is 63.9 Å². The predicted molar refractivity (Wildman–Crippen MR) is 97.5 cm³/mol. The van der Waals surface area contributed by atoms with E-state index in [1.54, 1.807) is 25.1 Å². The number of amides is 1. The number of nitrogens with one attached hydrogen (secondary N) is 1. The molecule has 1 amide bonds. The summed E-state index contributed by atoms with van der Waals surface area (Å²) >= 11 is 0. The zero-order valence-corrected chi connectivity index (χ0v) is 16.0. The monoisotopic (exact) mass is 368 g/mol. The minimum absolute atomic E-state index is 0.0281. The molecular formula is C18H28N2O4S. The third-order valence-corrected chi connectivity index (χ3v) is 6.39. The predicted octanol–water partition coefficient (Wildman–Crippen LogP) is 1.57. The number of carbonyl (C=O) groups excluding carboxylic acids is 1. The SMILES string of the molecule is CCS(=O)(=O)c1ccccc1C(=O)NCC(C(C)C)N1CCOCC1. The van der Waals surface area contributed by atoms with Crippen LogP contribution in [0.3, 0.4) is 0 Å². The lowest BCUT2D eigenvalue weighted by Crippen LogP contribution is -2.51. The molecule has 1 N–H and O–H groups in total. The highest BCUT2D eigenvalue weighted by Crippen LogP contribution is 2.18. The van der Waals surface area contributed by atoms with E-state index in [-0.39, 0.29) is 28.2 Å². The molecule has 6 nitrogen and oxygen atoms in total. The van der Waals surface area contributed by atoms with Crippen LogP contribution in [0.15, 0.2) is 29.2 Å². The zero-order chi connectivity index (χ0) is 18.4. The third kappa shape index (κ3) is 5.03. The van der Waals surface area contributed by atoms with Gasteiger partial charge < -0.3 is 10.1 Å². The topological polar surface area (TPSA) is 75.7 Å². The van der Waals surface area contributed by atoms with Crippen LogP contribution in [0.2, 0.25) is 0 Å². The van der Waals surface area contributed by atoms with Gasteiger partial charge >= 0.3 is 0 Å². The van der Waals surface area contributed by atoms with E-state index in [1.165, 1.54) is 6.07 Å². The van der Waals surface area contributed by atoms with E-state index in [0.29, 0.717) is 25.7 Å². The number of benzene rings is 1. The highest BCUT2D eigenvalue weighted by atomic mass is 32.2. The number of ether oxygens (including phenoxy) is 1. The average molecular weight is 368 g/mol. The van der Waals surface area contributed by atoms with Crippen molar-refractivity contribution in [2.45, 2.75) is 31.7 Å². The molecule has 1 aromatic rings. The van der Waals surface area contributed by atoms with E-state index in [1.807, 2.05) is 0 Å². The van der Waals surface area contributed by atoms with E-state index < -0.39 is 9.84 Å². The van der Waals surface area contributed by atoms with Crippen LogP contribution in [0.4, 0.5) is 0 Å². The van der Waals surface area contributed by atoms with Gasteiger partial charge in [-0.25, -0.2) is 8.42 Å². The van der Waals surface area contributed by atoms with Crippen molar-refractivity contribution >= 4 is 15.7 Å². The van der Waals surface area contributed by atoms with Gasteiger partial charge in [-0.2, -0.15) is 0 Å². The van der Waals surface area contributed by atoms with Crippen molar-refractivity contribution in [1.29, 1.82) is 0 Å². The molecule has 1 aliphatic rings. The summed E-state index contributed by atoms with van der Waals surface area (Å²) in [7, 11) is -3.44. The van der Waals surface area contributed by atoms with E-state index >= 15 is 0 Å². The first-order valence-corrected chi connectivity index (χ1v) is 10.4. The fraction of sp³-hybridized carbons (Fsp3) is 0.611. The summed E-state index contributed by atoms with van der Waals surface area (Å²) in [5, 5.41) is 2.93. The molecule has 2 rings (SSSR count). The Morgan fingerprint density at radius 1 is 1.24 bits per heavy atom. The third-order valence-electron chi connectivity index (χ3n) is 4.60. The van der Waals surface area contributed by atoms with Crippen molar-refractivity contribution in [2.24, 2.45) is 5.92 Å².